The molecule has 1 saturated carbocycles. The normalized spacial score (nSPS) is 26.8. The Morgan fingerprint density at radius 2 is 2.08 bits per heavy atom. The van der Waals surface area contributed by atoms with Gasteiger partial charge in [-0.15, -0.1) is 11.3 Å². The topological polar surface area (TPSA) is 73.7 Å². The Bertz CT molecular complexity index is 621. The number of hydrogen-bond donors (Lipinski definition) is 1. The zero-order valence-electron chi connectivity index (χ0n) is 13.7. The van der Waals surface area contributed by atoms with E-state index in [1.165, 1.54) is 0 Å². The Hall–Kier alpha value is -1.47. The highest BCUT2D eigenvalue weighted by atomic mass is 32.1. The summed E-state index contributed by atoms with van der Waals surface area (Å²) in [4.78, 5) is 32.3. The molecule has 130 valence electrons. The molecule has 0 bridgehead atoms. The monoisotopic (exact) mass is 349 g/mol. The SMILES string of the molecule is O=C(O)[C@@H]1CC2(CCN(C(=O)C3CC3)CC2)CN1Cc1cscn1. The standard InChI is InChI=1S/C17H23N3O3S/c21-15(12-1-2-12)19-5-3-17(4-6-19)7-14(16(22)23)20(10-17)8-13-9-24-11-18-13/h9,11-12,14H,1-8,10H2,(H,22,23)/t14-/m0/s1. The van der Waals surface area contributed by atoms with Crippen LogP contribution in [0.1, 0.15) is 37.8 Å². The van der Waals surface area contributed by atoms with E-state index in [9.17, 15) is 14.7 Å². The van der Waals surface area contributed by atoms with Crippen LogP contribution in [0.15, 0.2) is 10.9 Å². The minimum Gasteiger partial charge on any atom is -0.480 e. The van der Waals surface area contributed by atoms with Crippen LogP contribution in [-0.2, 0) is 16.1 Å². The number of aliphatic carboxylic acids is 1. The van der Waals surface area contributed by atoms with Crippen LogP contribution in [0.25, 0.3) is 0 Å². The first-order valence-corrected chi connectivity index (χ1v) is 9.63. The molecule has 0 unspecified atom stereocenters. The molecular weight excluding hydrogens is 326 g/mol. The third kappa shape index (κ3) is 3.07. The van der Waals surface area contributed by atoms with Gasteiger partial charge in [0, 0.05) is 37.5 Å². The van der Waals surface area contributed by atoms with Crippen LogP contribution >= 0.6 is 11.3 Å². The summed E-state index contributed by atoms with van der Waals surface area (Å²) >= 11 is 1.54. The molecule has 1 aromatic heterocycles. The molecule has 2 aliphatic heterocycles. The second-order valence-electron chi connectivity index (χ2n) is 7.54. The summed E-state index contributed by atoms with van der Waals surface area (Å²) in [5.74, 6) is -0.147. The van der Waals surface area contributed by atoms with Gasteiger partial charge < -0.3 is 10.0 Å². The minimum atomic E-state index is -0.737. The van der Waals surface area contributed by atoms with Gasteiger partial charge in [0.25, 0.3) is 0 Å². The van der Waals surface area contributed by atoms with Crippen molar-refractivity contribution < 1.29 is 14.7 Å². The zero-order valence-corrected chi connectivity index (χ0v) is 14.5. The van der Waals surface area contributed by atoms with E-state index in [2.05, 4.69) is 9.88 Å². The molecule has 3 aliphatic rings. The molecule has 0 aromatic carbocycles. The van der Waals surface area contributed by atoms with Crippen LogP contribution in [0.3, 0.4) is 0 Å². The van der Waals surface area contributed by atoms with Gasteiger partial charge in [0.2, 0.25) is 5.91 Å². The lowest BCUT2D eigenvalue weighted by molar-refractivity contribution is -0.142. The maximum Gasteiger partial charge on any atom is 0.320 e. The number of piperidine rings is 1. The van der Waals surface area contributed by atoms with Crippen LogP contribution in [0.5, 0.6) is 0 Å². The molecule has 1 amide bonds. The van der Waals surface area contributed by atoms with Gasteiger partial charge in [-0.3, -0.25) is 14.5 Å². The van der Waals surface area contributed by atoms with Crippen LogP contribution in [0.4, 0.5) is 0 Å². The number of likely N-dealkylation sites (tertiary alicyclic amines) is 2. The van der Waals surface area contributed by atoms with E-state index in [4.69, 9.17) is 0 Å². The highest BCUT2D eigenvalue weighted by molar-refractivity contribution is 7.07. The number of hydrogen-bond acceptors (Lipinski definition) is 5. The Morgan fingerprint density at radius 1 is 1.33 bits per heavy atom. The maximum atomic E-state index is 12.2. The van der Waals surface area contributed by atoms with Crippen molar-refractivity contribution in [3.8, 4) is 0 Å². The van der Waals surface area contributed by atoms with Gasteiger partial charge in [-0.1, -0.05) is 0 Å². The summed E-state index contributed by atoms with van der Waals surface area (Å²) in [7, 11) is 0. The Kier molecular flexibility index (Phi) is 4.08. The minimum absolute atomic E-state index is 0.0411. The first-order chi connectivity index (χ1) is 11.6. The summed E-state index contributed by atoms with van der Waals surface area (Å²) in [5.41, 5.74) is 2.78. The van der Waals surface area contributed by atoms with Gasteiger partial charge in [0.15, 0.2) is 0 Å². The van der Waals surface area contributed by atoms with E-state index in [-0.39, 0.29) is 11.3 Å². The third-order valence-corrected chi connectivity index (χ3v) is 6.44. The van der Waals surface area contributed by atoms with Crippen LogP contribution in [-0.4, -0.2) is 57.4 Å². The van der Waals surface area contributed by atoms with Crippen molar-refractivity contribution in [1.29, 1.82) is 0 Å². The molecule has 1 atom stereocenters. The van der Waals surface area contributed by atoms with Crippen LogP contribution < -0.4 is 0 Å². The summed E-state index contributed by atoms with van der Waals surface area (Å²) in [6.45, 7) is 2.97. The van der Waals surface area contributed by atoms with E-state index < -0.39 is 12.0 Å². The number of rotatable bonds is 4. The highest BCUT2D eigenvalue weighted by Crippen LogP contribution is 2.44. The number of carbonyl (C=O) groups is 2. The van der Waals surface area contributed by atoms with E-state index in [1.54, 1.807) is 16.8 Å². The number of carbonyl (C=O) groups excluding carboxylic acids is 1. The van der Waals surface area contributed by atoms with Crippen molar-refractivity contribution in [2.24, 2.45) is 11.3 Å². The predicted octanol–water partition coefficient (Wildman–Crippen LogP) is 1.82. The van der Waals surface area contributed by atoms with Crippen molar-refractivity contribution in [2.75, 3.05) is 19.6 Å². The molecule has 0 radical (unpaired) electrons. The second kappa shape index (κ2) is 6.11. The smallest absolute Gasteiger partial charge is 0.320 e. The van der Waals surface area contributed by atoms with Gasteiger partial charge in [-0.2, -0.15) is 0 Å². The Morgan fingerprint density at radius 3 is 2.67 bits per heavy atom. The fourth-order valence-electron chi connectivity index (χ4n) is 4.23. The van der Waals surface area contributed by atoms with Gasteiger partial charge >= 0.3 is 5.97 Å². The average molecular weight is 349 g/mol. The van der Waals surface area contributed by atoms with Crippen LogP contribution in [0.2, 0.25) is 0 Å². The fourth-order valence-corrected chi connectivity index (χ4v) is 4.78. The summed E-state index contributed by atoms with van der Waals surface area (Å²) in [5, 5.41) is 11.6. The van der Waals surface area contributed by atoms with Crippen molar-refractivity contribution in [1.82, 2.24) is 14.8 Å². The van der Waals surface area contributed by atoms with Gasteiger partial charge in [-0.25, -0.2) is 4.98 Å². The number of amides is 1. The molecule has 4 rings (SSSR count). The Balaban J connectivity index is 1.42. The molecule has 7 heteroatoms. The van der Waals surface area contributed by atoms with Crippen molar-refractivity contribution in [3.05, 3.63) is 16.6 Å². The number of thiazole rings is 1. The number of carboxylic acids is 1. The third-order valence-electron chi connectivity index (χ3n) is 5.80. The zero-order chi connectivity index (χ0) is 16.7. The Labute approximate surface area is 145 Å². The lowest BCUT2D eigenvalue weighted by atomic mass is 9.76. The lowest BCUT2D eigenvalue weighted by Crippen LogP contribution is -2.44. The van der Waals surface area contributed by atoms with Crippen molar-refractivity contribution >= 4 is 23.2 Å². The quantitative estimate of drug-likeness (QED) is 0.898. The number of aromatic nitrogens is 1. The molecule has 1 N–H and O–H groups in total. The molecule has 6 nitrogen and oxygen atoms in total. The molecule has 24 heavy (non-hydrogen) atoms. The van der Waals surface area contributed by atoms with E-state index in [1.807, 2.05) is 10.3 Å². The molecule has 3 heterocycles. The van der Waals surface area contributed by atoms with E-state index in [0.29, 0.717) is 18.9 Å². The van der Waals surface area contributed by atoms with E-state index >= 15 is 0 Å². The molecular formula is C17H23N3O3S. The predicted molar refractivity (Wildman–Crippen MR) is 89.5 cm³/mol. The van der Waals surface area contributed by atoms with Gasteiger partial charge in [-0.05, 0) is 37.5 Å². The summed E-state index contributed by atoms with van der Waals surface area (Å²) in [6.07, 6.45) is 4.62. The largest absolute Gasteiger partial charge is 0.480 e. The van der Waals surface area contributed by atoms with E-state index in [0.717, 1.165) is 51.0 Å². The first kappa shape index (κ1) is 16.0. The molecule has 2 saturated heterocycles. The van der Waals surface area contributed by atoms with Crippen molar-refractivity contribution in [3.63, 3.8) is 0 Å². The maximum absolute atomic E-state index is 12.2. The summed E-state index contributed by atoms with van der Waals surface area (Å²) in [6, 6.07) is -0.433. The lowest BCUT2D eigenvalue weighted by Gasteiger charge is -2.39. The molecule has 1 spiro atoms. The number of carboxylic acid groups (broad SMARTS) is 1. The first-order valence-electron chi connectivity index (χ1n) is 8.69. The highest BCUT2D eigenvalue weighted by Gasteiger charge is 2.49. The molecule has 1 aliphatic carbocycles. The fraction of sp³-hybridized carbons (Fsp3) is 0.706. The number of nitrogens with zero attached hydrogens (tertiary/aromatic N) is 3. The van der Waals surface area contributed by atoms with Crippen molar-refractivity contribution in [2.45, 2.75) is 44.7 Å². The molecule has 3 fully saturated rings. The van der Waals surface area contributed by atoms with Gasteiger partial charge in [0.1, 0.15) is 6.04 Å². The molecule has 1 aromatic rings. The second-order valence-corrected chi connectivity index (χ2v) is 8.26. The van der Waals surface area contributed by atoms with Crippen LogP contribution in [0, 0.1) is 11.3 Å². The van der Waals surface area contributed by atoms with Gasteiger partial charge in [0.05, 0.1) is 11.2 Å². The average Bonchev–Trinajstić information content (AvgIpc) is 3.19. The summed E-state index contributed by atoms with van der Waals surface area (Å²) < 4.78 is 0.